The molecule has 0 atom stereocenters. The van der Waals surface area contributed by atoms with Gasteiger partial charge in [-0.1, -0.05) is 43.7 Å². The number of hydrogen-bond acceptors (Lipinski definition) is 6. The zero-order valence-corrected chi connectivity index (χ0v) is 20.3. The van der Waals surface area contributed by atoms with Gasteiger partial charge in [-0.3, -0.25) is 14.5 Å². The van der Waals surface area contributed by atoms with E-state index in [-0.39, 0.29) is 30.0 Å². The van der Waals surface area contributed by atoms with Crippen LogP contribution in [0.4, 0.5) is 0 Å². The molecule has 2 heterocycles. The van der Waals surface area contributed by atoms with Gasteiger partial charge in [-0.05, 0) is 36.2 Å². The Morgan fingerprint density at radius 2 is 1.74 bits per heavy atom. The van der Waals surface area contributed by atoms with Crippen molar-refractivity contribution in [2.45, 2.75) is 39.2 Å². The SMILES string of the molecule is CCCCOc1ccc(-c2nnc(CCC(=O)N3CCN(Cc4ccccc4)CC3)c(=O)[nH]2)cc1. The fourth-order valence-corrected chi connectivity index (χ4v) is 4.08. The first kappa shape index (κ1) is 24.6. The maximum Gasteiger partial charge on any atom is 0.273 e. The topological polar surface area (TPSA) is 91.4 Å². The van der Waals surface area contributed by atoms with Crippen LogP contribution in [0.15, 0.2) is 59.4 Å². The first-order chi connectivity index (χ1) is 17.1. The van der Waals surface area contributed by atoms with E-state index in [2.05, 4.69) is 39.1 Å². The Morgan fingerprint density at radius 1 is 1.00 bits per heavy atom. The summed E-state index contributed by atoms with van der Waals surface area (Å²) in [6.45, 7) is 6.79. The number of unbranched alkanes of at least 4 members (excludes halogenated alkanes) is 1. The first-order valence-corrected chi connectivity index (χ1v) is 12.4. The molecule has 1 N–H and O–H groups in total. The summed E-state index contributed by atoms with van der Waals surface area (Å²) in [4.78, 5) is 32.3. The summed E-state index contributed by atoms with van der Waals surface area (Å²) < 4.78 is 5.67. The van der Waals surface area contributed by atoms with Gasteiger partial charge in [0.15, 0.2) is 5.82 Å². The second-order valence-electron chi connectivity index (χ2n) is 8.82. The van der Waals surface area contributed by atoms with E-state index in [0.29, 0.717) is 25.5 Å². The van der Waals surface area contributed by atoms with Gasteiger partial charge in [0, 0.05) is 51.1 Å². The number of H-pyrrole nitrogens is 1. The number of benzene rings is 2. The van der Waals surface area contributed by atoms with Crippen molar-refractivity contribution in [3.63, 3.8) is 0 Å². The molecule has 0 saturated carbocycles. The smallest absolute Gasteiger partial charge is 0.273 e. The molecule has 1 aliphatic rings. The van der Waals surface area contributed by atoms with Crippen molar-refractivity contribution in [3.8, 4) is 17.1 Å². The molecular weight excluding hydrogens is 442 g/mol. The van der Waals surface area contributed by atoms with E-state index in [9.17, 15) is 9.59 Å². The predicted molar refractivity (Wildman–Crippen MR) is 135 cm³/mol. The Kier molecular flexibility index (Phi) is 8.62. The van der Waals surface area contributed by atoms with Crippen LogP contribution < -0.4 is 10.3 Å². The summed E-state index contributed by atoms with van der Waals surface area (Å²) in [6.07, 6.45) is 2.61. The minimum absolute atomic E-state index is 0.0494. The molecule has 0 unspecified atom stereocenters. The minimum Gasteiger partial charge on any atom is -0.494 e. The molecule has 1 aliphatic heterocycles. The number of aryl methyl sites for hydroxylation is 1. The van der Waals surface area contributed by atoms with E-state index >= 15 is 0 Å². The molecule has 1 aromatic heterocycles. The summed E-state index contributed by atoms with van der Waals surface area (Å²) in [5.41, 5.74) is 2.02. The average Bonchev–Trinajstić information content (AvgIpc) is 2.89. The van der Waals surface area contributed by atoms with E-state index in [1.54, 1.807) is 0 Å². The largest absolute Gasteiger partial charge is 0.494 e. The molecule has 3 aromatic rings. The minimum atomic E-state index is -0.307. The summed E-state index contributed by atoms with van der Waals surface area (Å²) in [5, 5.41) is 8.29. The summed E-state index contributed by atoms with van der Waals surface area (Å²) in [7, 11) is 0. The molecule has 184 valence electrons. The quantitative estimate of drug-likeness (QED) is 0.453. The number of aromatic amines is 1. The van der Waals surface area contributed by atoms with Crippen molar-refractivity contribution in [2.75, 3.05) is 32.8 Å². The van der Waals surface area contributed by atoms with Gasteiger partial charge < -0.3 is 14.6 Å². The van der Waals surface area contributed by atoms with Crippen LogP contribution in [-0.2, 0) is 17.8 Å². The molecule has 1 amide bonds. The molecule has 1 saturated heterocycles. The number of carbonyl (C=O) groups excluding carboxylic acids is 1. The Bertz CT molecular complexity index is 1140. The lowest BCUT2D eigenvalue weighted by molar-refractivity contribution is -0.133. The number of nitrogens with one attached hydrogen (secondary N) is 1. The van der Waals surface area contributed by atoms with Gasteiger partial charge >= 0.3 is 0 Å². The monoisotopic (exact) mass is 475 g/mol. The van der Waals surface area contributed by atoms with Crippen LogP contribution in [0.1, 0.15) is 37.4 Å². The number of amides is 1. The van der Waals surface area contributed by atoms with Crippen LogP contribution in [0, 0.1) is 0 Å². The van der Waals surface area contributed by atoms with E-state index in [4.69, 9.17) is 4.74 Å². The molecule has 1 fully saturated rings. The maximum absolute atomic E-state index is 12.7. The first-order valence-electron chi connectivity index (χ1n) is 12.4. The van der Waals surface area contributed by atoms with Crippen molar-refractivity contribution < 1.29 is 9.53 Å². The number of piperazine rings is 1. The maximum atomic E-state index is 12.7. The fraction of sp³-hybridized carbons (Fsp3) is 0.407. The Hall–Kier alpha value is -3.52. The van der Waals surface area contributed by atoms with Crippen LogP contribution in [0.2, 0.25) is 0 Å². The van der Waals surface area contributed by atoms with E-state index < -0.39 is 0 Å². The number of ether oxygens (including phenoxy) is 1. The molecule has 2 aromatic carbocycles. The molecule has 0 aliphatic carbocycles. The average molecular weight is 476 g/mol. The van der Waals surface area contributed by atoms with Gasteiger partial charge in [0.1, 0.15) is 11.4 Å². The number of rotatable bonds is 10. The number of aromatic nitrogens is 3. The molecule has 0 radical (unpaired) electrons. The van der Waals surface area contributed by atoms with Crippen molar-refractivity contribution >= 4 is 5.91 Å². The molecule has 0 bridgehead atoms. The summed E-state index contributed by atoms with van der Waals surface area (Å²) >= 11 is 0. The number of carbonyl (C=O) groups is 1. The van der Waals surface area contributed by atoms with Crippen molar-refractivity contribution in [3.05, 3.63) is 76.2 Å². The van der Waals surface area contributed by atoms with Crippen molar-refractivity contribution in [2.24, 2.45) is 0 Å². The third kappa shape index (κ3) is 6.99. The lowest BCUT2D eigenvalue weighted by Crippen LogP contribution is -2.48. The second kappa shape index (κ2) is 12.3. The highest BCUT2D eigenvalue weighted by Crippen LogP contribution is 2.18. The van der Waals surface area contributed by atoms with Crippen molar-refractivity contribution in [1.82, 2.24) is 25.0 Å². The van der Waals surface area contributed by atoms with Crippen LogP contribution >= 0.6 is 0 Å². The predicted octanol–water partition coefficient (Wildman–Crippen LogP) is 3.29. The van der Waals surface area contributed by atoms with E-state index in [1.807, 2.05) is 47.4 Å². The van der Waals surface area contributed by atoms with Gasteiger partial charge in [0.25, 0.3) is 5.56 Å². The summed E-state index contributed by atoms with van der Waals surface area (Å²) in [5.74, 6) is 1.24. The fourth-order valence-electron chi connectivity index (χ4n) is 4.08. The van der Waals surface area contributed by atoms with Gasteiger partial charge in [-0.15, -0.1) is 10.2 Å². The Morgan fingerprint density at radius 3 is 2.43 bits per heavy atom. The van der Waals surface area contributed by atoms with Crippen LogP contribution in [0.3, 0.4) is 0 Å². The highest BCUT2D eigenvalue weighted by atomic mass is 16.5. The Balaban J connectivity index is 1.25. The highest BCUT2D eigenvalue weighted by Gasteiger charge is 2.21. The third-order valence-electron chi connectivity index (χ3n) is 6.21. The van der Waals surface area contributed by atoms with Crippen LogP contribution in [0.5, 0.6) is 5.75 Å². The van der Waals surface area contributed by atoms with Gasteiger partial charge in [-0.2, -0.15) is 0 Å². The normalized spacial score (nSPS) is 14.1. The lowest BCUT2D eigenvalue weighted by atomic mass is 10.1. The lowest BCUT2D eigenvalue weighted by Gasteiger charge is -2.34. The number of nitrogens with zero attached hydrogens (tertiary/aromatic N) is 4. The summed E-state index contributed by atoms with van der Waals surface area (Å²) in [6, 6.07) is 17.8. The van der Waals surface area contributed by atoms with Gasteiger partial charge in [0.05, 0.1) is 6.61 Å². The zero-order valence-electron chi connectivity index (χ0n) is 20.3. The molecule has 4 rings (SSSR count). The molecule has 0 spiro atoms. The zero-order chi connectivity index (χ0) is 24.5. The van der Waals surface area contributed by atoms with Crippen LogP contribution in [0.25, 0.3) is 11.4 Å². The standard InChI is InChI=1S/C27H33N5O3/c1-2-3-19-35-23-11-9-22(10-12-23)26-28-27(34)24(29-30-26)13-14-25(33)32-17-15-31(16-18-32)20-21-7-5-4-6-8-21/h4-12H,2-3,13-20H2,1H3,(H,28,30,34). The number of hydrogen-bond donors (Lipinski definition) is 1. The molecular formula is C27H33N5O3. The van der Waals surface area contributed by atoms with E-state index in [0.717, 1.165) is 43.8 Å². The van der Waals surface area contributed by atoms with Crippen LogP contribution in [-0.4, -0.2) is 63.7 Å². The van der Waals surface area contributed by atoms with E-state index in [1.165, 1.54) is 5.56 Å². The highest BCUT2D eigenvalue weighted by molar-refractivity contribution is 5.76. The van der Waals surface area contributed by atoms with Gasteiger partial charge in [0.2, 0.25) is 5.91 Å². The molecule has 35 heavy (non-hydrogen) atoms. The molecule has 8 heteroatoms. The molecule has 8 nitrogen and oxygen atoms in total. The third-order valence-corrected chi connectivity index (χ3v) is 6.21. The van der Waals surface area contributed by atoms with Crippen molar-refractivity contribution in [1.29, 1.82) is 0 Å². The van der Waals surface area contributed by atoms with Gasteiger partial charge in [-0.25, -0.2) is 0 Å². The Labute approximate surface area is 206 Å². The second-order valence-corrected chi connectivity index (χ2v) is 8.82.